The first-order valence-corrected chi connectivity index (χ1v) is 9.87. The van der Waals surface area contributed by atoms with Crippen LogP contribution in [0.25, 0.3) is 30.9 Å². The zero-order chi connectivity index (χ0) is 17.5. The number of aromatic nitrogens is 2. The van der Waals surface area contributed by atoms with Crippen molar-refractivity contribution in [2.45, 2.75) is 0 Å². The maximum Gasteiger partial charge on any atom is 0.125 e. The molecule has 3 aromatic heterocycles. The number of thiophene rings is 1. The van der Waals surface area contributed by atoms with Crippen LogP contribution in [0.5, 0.6) is 0 Å². The molecule has 0 aliphatic heterocycles. The molecule has 0 bridgehead atoms. The molecule has 0 aliphatic carbocycles. The summed E-state index contributed by atoms with van der Waals surface area (Å²) in [5, 5.41) is 4.65. The van der Waals surface area contributed by atoms with Crippen molar-refractivity contribution < 1.29 is 0 Å². The third-order valence-corrected chi connectivity index (χ3v) is 6.19. The van der Waals surface area contributed by atoms with Crippen molar-refractivity contribution >= 4 is 54.5 Å². The first-order valence-electron chi connectivity index (χ1n) is 8.17. The van der Waals surface area contributed by atoms with Gasteiger partial charge in [-0.25, -0.2) is 9.97 Å². The highest BCUT2D eigenvalue weighted by Crippen LogP contribution is 2.37. The highest BCUT2D eigenvalue weighted by molar-refractivity contribution is 7.22. The van der Waals surface area contributed by atoms with Gasteiger partial charge in [0.15, 0.2) is 0 Å². The lowest BCUT2D eigenvalue weighted by Crippen LogP contribution is -1.91. The molecule has 26 heavy (non-hydrogen) atoms. The van der Waals surface area contributed by atoms with Gasteiger partial charge in [-0.1, -0.05) is 24.3 Å². The lowest BCUT2D eigenvalue weighted by molar-refractivity contribution is 1.43. The molecule has 5 rings (SSSR count). The van der Waals surface area contributed by atoms with Gasteiger partial charge in [0.2, 0.25) is 0 Å². The average Bonchev–Trinajstić information content (AvgIpc) is 3.29. The highest BCUT2D eigenvalue weighted by Gasteiger charge is 2.10. The molecule has 3 heterocycles. The Morgan fingerprint density at radius 2 is 1.81 bits per heavy atom. The van der Waals surface area contributed by atoms with Gasteiger partial charge in [0.25, 0.3) is 0 Å². The summed E-state index contributed by atoms with van der Waals surface area (Å²) in [5.41, 5.74) is 7.19. The number of anilines is 2. The van der Waals surface area contributed by atoms with E-state index in [1.165, 1.54) is 15.1 Å². The van der Waals surface area contributed by atoms with Gasteiger partial charge in [-0.3, -0.25) is 0 Å². The summed E-state index contributed by atoms with van der Waals surface area (Å²) in [6.45, 7) is 3.95. The fourth-order valence-electron chi connectivity index (χ4n) is 2.95. The summed E-state index contributed by atoms with van der Waals surface area (Å²) in [7, 11) is 0. The number of pyridine rings is 1. The van der Waals surface area contributed by atoms with Crippen LogP contribution >= 0.6 is 22.7 Å². The highest BCUT2D eigenvalue weighted by atomic mass is 32.1. The van der Waals surface area contributed by atoms with Crippen molar-refractivity contribution in [1.29, 1.82) is 0 Å². The third-order valence-electron chi connectivity index (χ3n) is 4.28. The monoisotopic (exact) mass is 372 g/mol. The minimum atomic E-state index is 1.02. The Hall–Kier alpha value is -2.76. The molecule has 0 saturated heterocycles. The number of fused-ring (bicyclic) bond motifs is 2. The Morgan fingerprint density at radius 1 is 0.923 bits per heavy atom. The molecule has 5 heteroatoms. The third kappa shape index (κ3) is 2.75. The van der Waals surface area contributed by atoms with Gasteiger partial charge in [-0.05, 0) is 48.4 Å². The van der Waals surface area contributed by atoms with E-state index in [2.05, 4.69) is 58.6 Å². The zero-order valence-corrected chi connectivity index (χ0v) is 15.4. The molecule has 3 nitrogen and oxygen atoms in total. The molecule has 1 N–H and O–H groups in total. The van der Waals surface area contributed by atoms with E-state index in [4.69, 9.17) is 0 Å². The van der Waals surface area contributed by atoms with Gasteiger partial charge in [0.05, 0.1) is 21.4 Å². The first-order chi connectivity index (χ1) is 12.8. The quantitative estimate of drug-likeness (QED) is 0.393. The minimum Gasteiger partial charge on any atom is -0.355 e. The van der Waals surface area contributed by atoms with Crippen molar-refractivity contribution in [2.75, 3.05) is 5.32 Å². The van der Waals surface area contributed by atoms with E-state index in [0.717, 1.165) is 32.7 Å². The van der Waals surface area contributed by atoms with Crippen LogP contribution in [0.2, 0.25) is 0 Å². The molecule has 0 unspecified atom stereocenters. The van der Waals surface area contributed by atoms with Crippen molar-refractivity contribution in [1.82, 2.24) is 9.97 Å². The van der Waals surface area contributed by atoms with Crippen LogP contribution in [0.3, 0.4) is 0 Å². The Balaban J connectivity index is 1.56. The second-order valence-electron chi connectivity index (χ2n) is 6.04. The summed E-state index contributed by atoms with van der Waals surface area (Å²) in [6, 6.07) is 18.8. The van der Waals surface area contributed by atoms with E-state index < -0.39 is 0 Å². The maximum atomic E-state index is 4.54. The van der Waals surface area contributed by atoms with Crippen molar-refractivity contribution in [2.24, 2.45) is 0 Å². The zero-order valence-electron chi connectivity index (χ0n) is 13.8. The Bertz CT molecular complexity index is 1220. The average molecular weight is 372 g/mol. The van der Waals surface area contributed by atoms with Crippen LogP contribution < -0.4 is 5.32 Å². The van der Waals surface area contributed by atoms with E-state index in [1.54, 1.807) is 22.7 Å². The van der Waals surface area contributed by atoms with E-state index >= 15 is 0 Å². The van der Waals surface area contributed by atoms with Gasteiger partial charge in [-0.2, -0.15) is 0 Å². The second kappa shape index (κ2) is 6.20. The molecule has 0 fully saturated rings. The van der Waals surface area contributed by atoms with E-state index in [9.17, 15) is 0 Å². The standard InChI is InChI=1S/C21H14N3S2/c1-13-2-4-14(5-3-13)20-11-16-17(8-9-22-21(16)26-20)24-15-6-7-19-18(10-15)23-12-25-19/h2-12H,1H2,(H,22,24). The molecule has 0 spiro atoms. The number of hydrogen-bond donors (Lipinski definition) is 1. The summed E-state index contributed by atoms with van der Waals surface area (Å²) < 4.78 is 1.20. The molecule has 125 valence electrons. The topological polar surface area (TPSA) is 37.8 Å². The number of thiazole rings is 1. The van der Waals surface area contributed by atoms with Crippen molar-refractivity contribution in [3.63, 3.8) is 0 Å². The van der Waals surface area contributed by atoms with Crippen LogP contribution in [0.15, 0.2) is 66.3 Å². The van der Waals surface area contributed by atoms with Crippen LogP contribution in [-0.4, -0.2) is 9.97 Å². The minimum absolute atomic E-state index is 1.02. The van der Waals surface area contributed by atoms with Crippen LogP contribution in [-0.2, 0) is 0 Å². The molecule has 2 aromatic carbocycles. The van der Waals surface area contributed by atoms with E-state index in [-0.39, 0.29) is 0 Å². The number of rotatable bonds is 3. The summed E-state index contributed by atoms with van der Waals surface area (Å²) in [6.07, 6.45) is 1.85. The summed E-state index contributed by atoms with van der Waals surface area (Å²) in [5.74, 6) is 0. The molecule has 1 radical (unpaired) electrons. The summed E-state index contributed by atoms with van der Waals surface area (Å²) in [4.78, 5) is 11.2. The van der Waals surface area contributed by atoms with Crippen LogP contribution in [0.4, 0.5) is 11.4 Å². The van der Waals surface area contributed by atoms with Gasteiger partial charge < -0.3 is 5.32 Å². The Morgan fingerprint density at radius 3 is 2.69 bits per heavy atom. The summed E-state index contributed by atoms with van der Waals surface area (Å²) >= 11 is 3.36. The molecule has 0 aliphatic rings. The maximum absolute atomic E-state index is 4.54. The van der Waals surface area contributed by atoms with Gasteiger partial charge in [0.1, 0.15) is 4.83 Å². The second-order valence-corrected chi connectivity index (χ2v) is 7.96. The van der Waals surface area contributed by atoms with Crippen LogP contribution in [0.1, 0.15) is 5.56 Å². The molecular formula is C21H14N3S2. The first kappa shape index (κ1) is 15.5. The molecule has 0 amide bonds. The molecule has 0 atom stereocenters. The van der Waals surface area contributed by atoms with E-state index in [1.807, 2.05) is 29.9 Å². The normalized spacial score (nSPS) is 11.3. The smallest absolute Gasteiger partial charge is 0.125 e. The molecular weight excluding hydrogens is 358 g/mol. The number of hydrogen-bond acceptors (Lipinski definition) is 5. The number of benzene rings is 2. The predicted octanol–water partition coefficient (Wildman–Crippen LogP) is 6.50. The lowest BCUT2D eigenvalue weighted by Gasteiger charge is -2.07. The van der Waals surface area contributed by atoms with Gasteiger partial charge in [0, 0.05) is 22.1 Å². The van der Waals surface area contributed by atoms with Crippen LogP contribution in [0, 0.1) is 6.92 Å². The number of nitrogens with zero attached hydrogens (tertiary/aromatic N) is 2. The fourth-order valence-corrected chi connectivity index (χ4v) is 4.64. The largest absolute Gasteiger partial charge is 0.355 e. The van der Waals surface area contributed by atoms with E-state index in [0.29, 0.717) is 0 Å². The fraction of sp³-hybridized carbons (Fsp3) is 0. The number of nitrogens with one attached hydrogen (secondary N) is 1. The predicted molar refractivity (Wildman–Crippen MR) is 112 cm³/mol. The molecule has 5 aromatic rings. The SMILES string of the molecule is [CH2]c1ccc(-c2cc3c(Nc4ccc5scnc5c4)ccnc3s2)cc1. The van der Waals surface area contributed by atoms with Gasteiger partial charge >= 0.3 is 0 Å². The van der Waals surface area contributed by atoms with Crippen molar-refractivity contribution in [3.8, 4) is 10.4 Å². The van der Waals surface area contributed by atoms with Gasteiger partial charge in [-0.15, -0.1) is 22.7 Å². The molecule has 0 saturated carbocycles. The Labute approximate surface area is 159 Å². The lowest BCUT2D eigenvalue weighted by atomic mass is 10.1. The van der Waals surface area contributed by atoms with Crippen molar-refractivity contribution in [3.05, 3.63) is 78.8 Å². The Kier molecular flexibility index (Phi) is 3.69.